The van der Waals surface area contributed by atoms with Gasteiger partial charge in [0.15, 0.2) is 0 Å². The summed E-state index contributed by atoms with van der Waals surface area (Å²) in [5.74, 6) is -1.44. The van der Waals surface area contributed by atoms with Gasteiger partial charge in [0, 0.05) is 13.1 Å². The summed E-state index contributed by atoms with van der Waals surface area (Å²) in [5.41, 5.74) is 0.961. The van der Waals surface area contributed by atoms with Crippen molar-refractivity contribution >= 4 is 17.8 Å². The molecule has 1 aromatic rings. The molecule has 0 aliphatic carbocycles. The fourth-order valence-electron chi connectivity index (χ4n) is 2.16. The van der Waals surface area contributed by atoms with Crippen LogP contribution in [0.15, 0.2) is 30.3 Å². The van der Waals surface area contributed by atoms with Gasteiger partial charge in [-0.3, -0.25) is 14.4 Å². The molecule has 0 saturated carbocycles. The van der Waals surface area contributed by atoms with E-state index in [9.17, 15) is 14.4 Å². The minimum absolute atomic E-state index is 0.120. The first-order valence-electron chi connectivity index (χ1n) is 6.78. The Morgan fingerprint density at radius 3 is 2.43 bits per heavy atom. The third kappa shape index (κ3) is 3.28. The van der Waals surface area contributed by atoms with E-state index in [-0.39, 0.29) is 30.7 Å². The van der Waals surface area contributed by atoms with E-state index in [1.165, 1.54) is 7.11 Å². The van der Waals surface area contributed by atoms with E-state index in [1.807, 2.05) is 30.3 Å². The minimum atomic E-state index is -0.596. The summed E-state index contributed by atoms with van der Waals surface area (Å²) in [6.07, 6.45) is 0.120. The van der Waals surface area contributed by atoms with Gasteiger partial charge in [-0.15, -0.1) is 0 Å². The van der Waals surface area contributed by atoms with Crippen LogP contribution in [0, 0.1) is 5.92 Å². The minimum Gasteiger partial charge on any atom is -0.469 e. The standard InChI is InChI=1S/C15H18N2O4/c1-11-14(19)17(15(11)20)16(9-8-13(18)21-2)10-12-6-4-3-5-7-12/h3-7,11H,8-10H2,1-2H3. The monoisotopic (exact) mass is 290 g/mol. The van der Waals surface area contributed by atoms with E-state index >= 15 is 0 Å². The van der Waals surface area contributed by atoms with E-state index in [1.54, 1.807) is 11.9 Å². The number of imide groups is 1. The van der Waals surface area contributed by atoms with Gasteiger partial charge in [-0.2, -0.15) is 0 Å². The first-order valence-corrected chi connectivity index (χ1v) is 6.78. The van der Waals surface area contributed by atoms with E-state index in [2.05, 4.69) is 4.74 Å². The molecular formula is C15H18N2O4. The van der Waals surface area contributed by atoms with Crippen molar-refractivity contribution in [3.05, 3.63) is 35.9 Å². The van der Waals surface area contributed by atoms with Crippen LogP contribution in [0.4, 0.5) is 0 Å². The van der Waals surface area contributed by atoms with Crippen LogP contribution in [0.1, 0.15) is 18.9 Å². The van der Waals surface area contributed by atoms with E-state index in [4.69, 9.17) is 0 Å². The summed E-state index contributed by atoms with van der Waals surface area (Å²) >= 11 is 0. The Balaban J connectivity index is 2.09. The number of carbonyl (C=O) groups excluding carboxylic acids is 3. The summed E-state index contributed by atoms with van der Waals surface area (Å²) in [4.78, 5) is 35.0. The molecule has 2 rings (SSSR count). The molecular weight excluding hydrogens is 272 g/mol. The smallest absolute Gasteiger partial charge is 0.306 e. The molecule has 0 N–H and O–H groups in total. The Bertz CT molecular complexity index is 528. The van der Waals surface area contributed by atoms with Crippen molar-refractivity contribution in [2.24, 2.45) is 5.92 Å². The fourth-order valence-corrected chi connectivity index (χ4v) is 2.16. The maximum atomic E-state index is 11.9. The lowest BCUT2D eigenvalue weighted by Gasteiger charge is -2.41. The number of nitrogens with zero attached hydrogens (tertiary/aromatic N) is 2. The highest BCUT2D eigenvalue weighted by Crippen LogP contribution is 2.23. The fraction of sp³-hybridized carbons (Fsp3) is 0.400. The largest absolute Gasteiger partial charge is 0.469 e. The lowest BCUT2D eigenvalue weighted by molar-refractivity contribution is -0.189. The van der Waals surface area contributed by atoms with Gasteiger partial charge in [-0.05, 0) is 12.5 Å². The van der Waals surface area contributed by atoms with Crippen molar-refractivity contribution in [3.8, 4) is 0 Å². The van der Waals surface area contributed by atoms with Crippen LogP contribution >= 0.6 is 0 Å². The quantitative estimate of drug-likeness (QED) is 0.444. The van der Waals surface area contributed by atoms with Crippen LogP contribution in [-0.4, -0.2) is 41.5 Å². The number of esters is 1. The molecule has 0 atom stereocenters. The number of hydrogen-bond acceptors (Lipinski definition) is 5. The van der Waals surface area contributed by atoms with Gasteiger partial charge in [0.1, 0.15) is 5.92 Å². The first kappa shape index (κ1) is 15.2. The average molecular weight is 290 g/mol. The second kappa shape index (κ2) is 6.49. The third-order valence-electron chi connectivity index (χ3n) is 3.45. The summed E-state index contributed by atoms with van der Waals surface area (Å²) in [6, 6.07) is 9.48. The number of methoxy groups -OCH3 is 1. The number of hydrogen-bond donors (Lipinski definition) is 0. The van der Waals surface area contributed by atoms with Gasteiger partial charge in [0.05, 0.1) is 13.5 Å². The molecule has 0 radical (unpaired) electrons. The summed E-state index contributed by atoms with van der Waals surface area (Å²) in [7, 11) is 1.31. The number of carbonyl (C=O) groups is 3. The molecule has 21 heavy (non-hydrogen) atoms. The highest BCUT2D eigenvalue weighted by atomic mass is 16.5. The topological polar surface area (TPSA) is 66.9 Å². The molecule has 6 heteroatoms. The molecule has 6 nitrogen and oxygen atoms in total. The van der Waals surface area contributed by atoms with E-state index in [0.29, 0.717) is 6.54 Å². The molecule has 0 spiro atoms. The van der Waals surface area contributed by atoms with Crippen LogP contribution < -0.4 is 0 Å². The van der Waals surface area contributed by atoms with Crippen molar-refractivity contribution in [2.75, 3.05) is 13.7 Å². The molecule has 1 saturated heterocycles. The van der Waals surface area contributed by atoms with Crippen molar-refractivity contribution in [2.45, 2.75) is 19.9 Å². The highest BCUT2D eigenvalue weighted by molar-refractivity contribution is 6.16. The third-order valence-corrected chi connectivity index (χ3v) is 3.45. The number of ether oxygens (including phenoxy) is 1. The zero-order valence-corrected chi connectivity index (χ0v) is 12.1. The molecule has 0 unspecified atom stereocenters. The number of β-lactam (4-membered cyclic amide) rings is 2. The van der Waals surface area contributed by atoms with Crippen molar-refractivity contribution in [1.82, 2.24) is 10.0 Å². The lowest BCUT2D eigenvalue weighted by Crippen LogP contribution is -2.63. The zero-order valence-electron chi connectivity index (χ0n) is 12.1. The molecule has 2 amide bonds. The Morgan fingerprint density at radius 1 is 1.24 bits per heavy atom. The Morgan fingerprint density at radius 2 is 1.86 bits per heavy atom. The van der Waals surface area contributed by atoms with E-state index < -0.39 is 5.92 Å². The second-order valence-electron chi connectivity index (χ2n) is 4.91. The normalized spacial score (nSPS) is 15.3. The summed E-state index contributed by atoms with van der Waals surface area (Å²) < 4.78 is 4.60. The number of amides is 2. The van der Waals surface area contributed by atoms with Crippen molar-refractivity contribution in [3.63, 3.8) is 0 Å². The lowest BCUT2D eigenvalue weighted by atomic mass is 10.0. The average Bonchev–Trinajstić information content (AvgIpc) is 2.52. The van der Waals surface area contributed by atoms with Crippen molar-refractivity contribution < 1.29 is 19.1 Å². The van der Waals surface area contributed by atoms with Crippen LogP contribution in [0.25, 0.3) is 0 Å². The summed E-state index contributed by atoms with van der Waals surface area (Å²) in [5, 5.41) is 2.72. The maximum absolute atomic E-state index is 11.9. The van der Waals surface area contributed by atoms with Gasteiger partial charge in [-0.25, -0.2) is 10.0 Å². The molecule has 1 fully saturated rings. The van der Waals surface area contributed by atoms with Crippen LogP contribution in [-0.2, 0) is 25.7 Å². The van der Waals surface area contributed by atoms with Crippen molar-refractivity contribution in [1.29, 1.82) is 0 Å². The predicted octanol–water partition coefficient (Wildman–Crippen LogP) is 0.972. The first-order chi connectivity index (χ1) is 10.0. The molecule has 1 aromatic carbocycles. The molecule has 0 bridgehead atoms. The number of rotatable bonds is 6. The Kier molecular flexibility index (Phi) is 4.70. The van der Waals surface area contributed by atoms with Gasteiger partial charge in [-0.1, -0.05) is 30.3 Å². The Labute approximate surface area is 123 Å². The van der Waals surface area contributed by atoms with Crippen LogP contribution in [0.5, 0.6) is 0 Å². The van der Waals surface area contributed by atoms with Gasteiger partial charge in [0.25, 0.3) is 11.8 Å². The van der Waals surface area contributed by atoms with E-state index in [0.717, 1.165) is 10.6 Å². The Hall–Kier alpha value is -2.21. The molecule has 112 valence electrons. The summed E-state index contributed by atoms with van der Waals surface area (Å²) in [6.45, 7) is 2.23. The van der Waals surface area contributed by atoms with Gasteiger partial charge >= 0.3 is 5.97 Å². The maximum Gasteiger partial charge on any atom is 0.306 e. The van der Waals surface area contributed by atoms with Crippen LogP contribution in [0.2, 0.25) is 0 Å². The molecule has 1 aliphatic rings. The molecule has 0 aromatic heterocycles. The van der Waals surface area contributed by atoms with Gasteiger partial charge < -0.3 is 4.74 Å². The van der Waals surface area contributed by atoms with Crippen LogP contribution in [0.3, 0.4) is 0 Å². The molecule has 1 heterocycles. The SMILES string of the molecule is COC(=O)CCN(Cc1ccccc1)N1C(=O)C(C)C1=O. The zero-order chi connectivity index (χ0) is 15.4. The highest BCUT2D eigenvalue weighted by Gasteiger charge is 2.46. The second-order valence-corrected chi connectivity index (χ2v) is 4.91. The predicted molar refractivity (Wildman–Crippen MR) is 74.5 cm³/mol. The molecule has 1 aliphatic heterocycles. The van der Waals surface area contributed by atoms with Gasteiger partial charge in [0.2, 0.25) is 0 Å². The number of benzene rings is 1. The number of hydrazine groups is 1.